The number of nitrogens with zero attached hydrogens (tertiary/aromatic N) is 4. The normalized spacial score (nSPS) is 11.5. The Kier molecular flexibility index (Phi) is 4.72. The molecule has 138 valence electrons. The molecule has 2 aromatic heterocycles. The summed E-state index contributed by atoms with van der Waals surface area (Å²) in [6.07, 6.45) is 0. The molecule has 0 aliphatic rings. The third-order valence-corrected chi connectivity index (χ3v) is 5.41. The lowest BCUT2D eigenvalue weighted by Crippen LogP contribution is -2.22. The van der Waals surface area contributed by atoms with Crippen molar-refractivity contribution in [1.29, 1.82) is 0 Å². The number of rotatable bonds is 5. The smallest absolute Gasteiger partial charge is 0.267 e. The van der Waals surface area contributed by atoms with Gasteiger partial charge in [-0.3, -0.25) is 9.20 Å². The van der Waals surface area contributed by atoms with E-state index in [-0.39, 0.29) is 5.56 Å². The van der Waals surface area contributed by atoms with E-state index >= 15 is 0 Å². The summed E-state index contributed by atoms with van der Waals surface area (Å²) in [5.74, 6) is 1.28. The van der Waals surface area contributed by atoms with Crippen molar-refractivity contribution in [2.24, 2.45) is 0 Å². The van der Waals surface area contributed by atoms with Gasteiger partial charge in [0.1, 0.15) is 0 Å². The average molecular weight is 380 g/mol. The molecule has 0 N–H and O–H groups in total. The lowest BCUT2D eigenvalue weighted by molar-refractivity contribution is 0.218. The Bertz CT molecular complexity index is 1200. The zero-order valence-electron chi connectivity index (χ0n) is 15.5. The first-order valence-electron chi connectivity index (χ1n) is 8.70. The van der Waals surface area contributed by atoms with Crippen LogP contribution in [-0.2, 0) is 4.74 Å². The van der Waals surface area contributed by atoms with Gasteiger partial charge in [0.2, 0.25) is 5.78 Å². The van der Waals surface area contributed by atoms with Crippen molar-refractivity contribution in [3.63, 3.8) is 0 Å². The summed E-state index contributed by atoms with van der Waals surface area (Å²) in [7, 11) is 1.68. The van der Waals surface area contributed by atoms with E-state index in [1.54, 1.807) is 23.4 Å². The number of aryl methyl sites for hydroxylation is 2. The predicted molar refractivity (Wildman–Crippen MR) is 108 cm³/mol. The highest BCUT2D eigenvalue weighted by Gasteiger charge is 2.18. The SMILES string of the molecule is COCCSc1nnc2n(-c3cc(C)ccc3C)c(=O)c3ccccc3n12. The molecule has 0 aliphatic carbocycles. The van der Waals surface area contributed by atoms with Crippen LogP contribution in [-0.4, -0.2) is 38.6 Å². The van der Waals surface area contributed by atoms with Crippen LogP contribution in [0, 0.1) is 13.8 Å². The molecule has 2 aromatic carbocycles. The second-order valence-corrected chi connectivity index (χ2v) is 7.47. The summed E-state index contributed by atoms with van der Waals surface area (Å²) in [5, 5.41) is 10.1. The largest absolute Gasteiger partial charge is 0.384 e. The van der Waals surface area contributed by atoms with Gasteiger partial charge in [0.15, 0.2) is 5.16 Å². The van der Waals surface area contributed by atoms with Crippen LogP contribution < -0.4 is 5.56 Å². The topological polar surface area (TPSA) is 61.4 Å². The van der Waals surface area contributed by atoms with Crippen LogP contribution in [0.3, 0.4) is 0 Å². The summed E-state index contributed by atoms with van der Waals surface area (Å²) in [4.78, 5) is 13.3. The molecule has 0 saturated carbocycles. The Morgan fingerprint density at radius 3 is 2.74 bits per heavy atom. The maximum atomic E-state index is 13.3. The Morgan fingerprint density at radius 2 is 1.93 bits per heavy atom. The Balaban J connectivity index is 2.08. The second kappa shape index (κ2) is 7.17. The van der Waals surface area contributed by atoms with Gasteiger partial charge in [-0.1, -0.05) is 36.0 Å². The molecule has 0 aliphatic heterocycles. The highest BCUT2D eigenvalue weighted by atomic mass is 32.2. The fourth-order valence-corrected chi connectivity index (χ4v) is 4.01. The maximum absolute atomic E-state index is 13.3. The van der Waals surface area contributed by atoms with Gasteiger partial charge in [-0.15, -0.1) is 10.2 Å². The van der Waals surface area contributed by atoms with Gasteiger partial charge >= 0.3 is 0 Å². The molecule has 0 spiro atoms. The van der Waals surface area contributed by atoms with E-state index in [4.69, 9.17) is 4.74 Å². The van der Waals surface area contributed by atoms with Crippen LogP contribution in [0.2, 0.25) is 0 Å². The van der Waals surface area contributed by atoms with Crippen LogP contribution in [0.15, 0.2) is 52.4 Å². The van der Waals surface area contributed by atoms with Gasteiger partial charge in [-0.05, 0) is 43.2 Å². The van der Waals surface area contributed by atoms with Gasteiger partial charge in [-0.2, -0.15) is 0 Å². The fourth-order valence-electron chi connectivity index (χ4n) is 3.17. The molecule has 6 nitrogen and oxygen atoms in total. The van der Waals surface area contributed by atoms with E-state index in [9.17, 15) is 4.79 Å². The van der Waals surface area contributed by atoms with Crippen molar-refractivity contribution in [2.45, 2.75) is 19.0 Å². The summed E-state index contributed by atoms with van der Waals surface area (Å²) in [6, 6.07) is 13.7. The first-order chi connectivity index (χ1) is 13.1. The molecular weight excluding hydrogens is 360 g/mol. The van der Waals surface area contributed by atoms with Crippen LogP contribution in [0.4, 0.5) is 0 Å². The van der Waals surface area contributed by atoms with E-state index in [0.717, 1.165) is 33.2 Å². The Labute approximate surface area is 160 Å². The molecule has 0 fully saturated rings. The summed E-state index contributed by atoms with van der Waals surface area (Å²) < 4.78 is 8.77. The third kappa shape index (κ3) is 3.02. The number of fused-ring (bicyclic) bond motifs is 3. The summed E-state index contributed by atoms with van der Waals surface area (Å²) in [6.45, 7) is 4.63. The van der Waals surface area contributed by atoms with E-state index in [0.29, 0.717) is 17.8 Å². The van der Waals surface area contributed by atoms with E-state index in [1.165, 1.54) is 0 Å². The predicted octanol–water partition coefficient (Wildman–Crippen LogP) is 3.39. The summed E-state index contributed by atoms with van der Waals surface area (Å²) in [5.41, 5.74) is 3.65. The number of methoxy groups -OCH3 is 1. The average Bonchev–Trinajstić information content (AvgIpc) is 3.09. The molecule has 0 bridgehead atoms. The first kappa shape index (κ1) is 17.8. The molecule has 27 heavy (non-hydrogen) atoms. The second-order valence-electron chi connectivity index (χ2n) is 6.41. The molecule has 4 rings (SSSR count). The molecule has 4 aromatic rings. The van der Waals surface area contributed by atoms with Crippen molar-refractivity contribution in [1.82, 2.24) is 19.2 Å². The Morgan fingerprint density at radius 1 is 1.11 bits per heavy atom. The van der Waals surface area contributed by atoms with Gasteiger partial charge in [0.05, 0.1) is 23.2 Å². The van der Waals surface area contributed by atoms with Crippen molar-refractivity contribution >= 4 is 28.4 Å². The minimum absolute atomic E-state index is 0.0901. The standard InChI is InChI=1S/C20H20N4O2S/c1-13-8-9-14(2)17(12-13)23-18(25)15-6-4-5-7-16(15)24-19(23)21-22-20(24)27-11-10-26-3/h4-9,12H,10-11H2,1-3H3. The monoisotopic (exact) mass is 380 g/mol. The zero-order valence-corrected chi connectivity index (χ0v) is 16.3. The highest BCUT2D eigenvalue weighted by Crippen LogP contribution is 2.24. The van der Waals surface area contributed by atoms with E-state index in [1.807, 2.05) is 60.7 Å². The lowest BCUT2D eigenvalue weighted by Gasteiger charge is -2.14. The number of benzene rings is 2. The van der Waals surface area contributed by atoms with Crippen LogP contribution >= 0.6 is 11.8 Å². The van der Waals surface area contributed by atoms with Gasteiger partial charge in [0, 0.05) is 12.9 Å². The van der Waals surface area contributed by atoms with Crippen molar-refractivity contribution in [2.75, 3.05) is 19.5 Å². The number of ether oxygens (including phenoxy) is 1. The highest BCUT2D eigenvalue weighted by molar-refractivity contribution is 7.99. The quantitative estimate of drug-likeness (QED) is 0.392. The number of para-hydroxylation sites is 1. The minimum Gasteiger partial charge on any atom is -0.384 e. The molecule has 0 unspecified atom stereocenters. The Hall–Kier alpha value is -2.64. The lowest BCUT2D eigenvalue weighted by atomic mass is 10.1. The van der Waals surface area contributed by atoms with Gasteiger partial charge < -0.3 is 4.74 Å². The van der Waals surface area contributed by atoms with Crippen molar-refractivity contribution in [3.8, 4) is 5.69 Å². The summed E-state index contributed by atoms with van der Waals surface area (Å²) >= 11 is 1.56. The van der Waals surface area contributed by atoms with Crippen LogP contribution in [0.1, 0.15) is 11.1 Å². The van der Waals surface area contributed by atoms with Crippen LogP contribution in [0.25, 0.3) is 22.4 Å². The van der Waals surface area contributed by atoms with Crippen molar-refractivity contribution < 1.29 is 4.74 Å². The van der Waals surface area contributed by atoms with Gasteiger partial charge in [0.25, 0.3) is 5.56 Å². The molecule has 0 atom stereocenters. The molecule has 0 saturated heterocycles. The maximum Gasteiger partial charge on any atom is 0.267 e. The number of aromatic nitrogens is 4. The third-order valence-electron chi connectivity index (χ3n) is 4.52. The molecular formula is C20H20N4O2S. The number of hydrogen-bond acceptors (Lipinski definition) is 5. The van der Waals surface area contributed by atoms with Gasteiger partial charge in [-0.25, -0.2) is 4.57 Å². The molecule has 7 heteroatoms. The van der Waals surface area contributed by atoms with E-state index in [2.05, 4.69) is 10.2 Å². The van der Waals surface area contributed by atoms with Crippen LogP contribution in [0.5, 0.6) is 0 Å². The zero-order chi connectivity index (χ0) is 19.0. The minimum atomic E-state index is -0.0901. The van der Waals surface area contributed by atoms with E-state index < -0.39 is 0 Å². The fraction of sp³-hybridized carbons (Fsp3) is 0.250. The first-order valence-corrected chi connectivity index (χ1v) is 9.68. The van der Waals surface area contributed by atoms with Crippen molar-refractivity contribution in [3.05, 3.63) is 63.9 Å². The number of thioether (sulfide) groups is 1. The molecule has 0 radical (unpaired) electrons. The molecule has 0 amide bonds. The number of hydrogen-bond donors (Lipinski definition) is 0. The molecule has 2 heterocycles.